The highest BCUT2D eigenvalue weighted by Crippen LogP contribution is 2.66. The Morgan fingerprint density at radius 1 is 0.969 bits per heavy atom. The summed E-state index contributed by atoms with van der Waals surface area (Å²) in [7, 11) is 1.72. The summed E-state index contributed by atoms with van der Waals surface area (Å²) in [5, 5.41) is 0. The van der Waals surface area contributed by atoms with Gasteiger partial charge >= 0.3 is 0 Å². The minimum absolute atomic E-state index is 0.0392. The van der Waals surface area contributed by atoms with Crippen LogP contribution in [-0.2, 0) is 15.9 Å². The van der Waals surface area contributed by atoms with E-state index in [0.29, 0.717) is 0 Å². The lowest BCUT2D eigenvalue weighted by molar-refractivity contribution is -0.293. The summed E-state index contributed by atoms with van der Waals surface area (Å²) in [5.41, 5.74) is 1.67. The second-order valence-corrected chi connectivity index (χ2v) is 11.7. The lowest BCUT2D eigenvalue weighted by Gasteiger charge is -2.55. The maximum absolute atomic E-state index is 6.83. The molecule has 1 aromatic rings. The Hall–Kier alpha value is -1.94. The zero-order valence-corrected chi connectivity index (χ0v) is 20.8. The first-order chi connectivity index (χ1) is 14.9. The molecule has 4 nitrogen and oxygen atoms in total. The fourth-order valence-electron chi connectivity index (χ4n) is 6.52. The number of hydrogen-bond donors (Lipinski definition) is 0. The molecule has 1 aromatic carbocycles. The van der Waals surface area contributed by atoms with Crippen molar-refractivity contribution < 1.29 is 18.9 Å². The molecule has 4 atom stereocenters. The Balaban J connectivity index is 1.46. The van der Waals surface area contributed by atoms with Gasteiger partial charge in [0.25, 0.3) is 0 Å². The van der Waals surface area contributed by atoms with Crippen LogP contribution in [0.25, 0.3) is 0 Å². The van der Waals surface area contributed by atoms with Gasteiger partial charge in [-0.25, -0.2) is 0 Å². The summed E-state index contributed by atoms with van der Waals surface area (Å²) in [4.78, 5) is 0. The van der Waals surface area contributed by atoms with Gasteiger partial charge in [0.15, 0.2) is 0 Å². The van der Waals surface area contributed by atoms with Crippen LogP contribution in [-0.4, -0.2) is 24.1 Å². The molecule has 4 aliphatic rings. The van der Waals surface area contributed by atoms with Crippen molar-refractivity contribution in [3.63, 3.8) is 0 Å². The standard InChI is InChI=1S/C28H38O4/c1-19-15-21(29-7)16-20-9-12-26(5,31-23(19)20)18-22-17-25(4)10-8-11-27(25,6)28(30-22)14-13-24(2,3)32-28/h13-17H,8-12,18H2,1-7H3/t25-,26?,27-,28-/m0/s1. The molecule has 1 spiro atoms. The third-order valence-electron chi connectivity index (χ3n) is 8.66. The molecule has 0 saturated heterocycles. The van der Waals surface area contributed by atoms with Gasteiger partial charge in [-0.3, -0.25) is 0 Å². The Morgan fingerprint density at radius 2 is 1.75 bits per heavy atom. The molecule has 1 unspecified atom stereocenters. The highest BCUT2D eigenvalue weighted by Gasteiger charge is 2.66. The smallest absolute Gasteiger partial charge is 0.236 e. The molecule has 1 fully saturated rings. The third-order valence-corrected chi connectivity index (χ3v) is 8.66. The molecule has 32 heavy (non-hydrogen) atoms. The van der Waals surface area contributed by atoms with Gasteiger partial charge in [0.1, 0.15) is 22.9 Å². The Labute approximate surface area is 193 Å². The van der Waals surface area contributed by atoms with Crippen molar-refractivity contribution in [3.8, 4) is 11.5 Å². The average Bonchev–Trinajstić information content (AvgIpc) is 3.19. The largest absolute Gasteiger partial charge is 0.497 e. The lowest BCUT2D eigenvalue weighted by atomic mass is 9.61. The second-order valence-electron chi connectivity index (χ2n) is 11.7. The second kappa shape index (κ2) is 6.79. The van der Waals surface area contributed by atoms with Crippen molar-refractivity contribution in [2.24, 2.45) is 10.8 Å². The number of ether oxygens (including phenoxy) is 4. The van der Waals surface area contributed by atoms with Gasteiger partial charge in [-0.1, -0.05) is 26.3 Å². The van der Waals surface area contributed by atoms with Crippen LogP contribution in [0, 0.1) is 17.8 Å². The summed E-state index contributed by atoms with van der Waals surface area (Å²) in [5.74, 6) is 2.19. The van der Waals surface area contributed by atoms with E-state index in [2.05, 4.69) is 71.9 Å². The SMILES string of the molecule is COc1cc(C)c2c(c1)CCC(C)(CC1=C[C@]3(C)CCC[C@]3(C)[C@@]3(C=CC(C)(C)O3)O1)O2. The minimum Gasteiger partial charge on any atom is -0.497 e. The molecular weight excluding hydrogens is 400 g/mol. The van der Waals surface area contributed by atoms with Crippen LogP contribution in [0.15, 0.2) is 36.1 Å². The van der Waals surface area contributed by atoms with E-state index in [1.807, 2.05) is 0 Å². The first-order valence-electron chi connectivity index (χ1n) is 12.1. The number of rotatable bonds is 3. The molecule has 0 radical (unpaired) electrons. The number of allylic oxidation sites excluding steroid dienone is 1. The third kappa shape index (κ3) is 3.13. The zero-order chi connectivity index (χ0) is 23.0. The van der Waals surface area contributed by atoms with Crippen LogP contribution >= 0.6 is 0 Å². The molecule has 3 heterocycles. The predicted octanol–water partition coefficient (Wildman–Crippen LogP) is 6.65. The average molecular weight is 439 g/mol. The van der Waals surface area contributed by atoms with E-state index in [4.69, 9.17) is 18.9 Å². The lowest BCUT2D eigenvalue weighted by Crippen LogP contribution is -2.57. The summed E-state index contributed by atoms with van der Waals surface area (Å²) in [6.45, 7) is 13.3. The van der Waals surface area contributed by atoms with Crippen LogP contribution in [0.2, 0.25) is 0 Å². The van der Waals surface area contributed by atoms with E-state index >= 15 is 0 Å². The zero-order valence-electron chi connectivity index (χ0n) is 20.8. The van der Waals surface area contributed by atoms with E-state index in [1.165, 1.54) is 12.0 Å². The van der Waals surface area contributed by atoms with E-state index in [1.54, 1.807) is 7.11 Å². The number of aryl methyl sites for hydroxylation is 2. The predicted molar refractivity (Wildman–Crippen MR) is 126 cm³/mol. The first kappa shape index (κ1) is 21.9. The van der Waals surface area contributed by atoms with E-state index < -0.39 is 5.79 Å². The van der Waals surface area contributed by atoms with Gasteiger partial charge in [0.05, 0.1) is 12.7 Å². The van der Waals surface area contributed by atoms with E-state index in [0.717, 1.165) is 54.9 Å². The number of methoxy groups -OCH3 is 1. The van der Waals surface area contributed by atoms with Crippen molar-refractivity contribution in [1.82, 2.24) is 0 Å². The van der Waals surface area contributed by atoms with Gasteiger partial charge in [0.2, 0.25) is 5.79 Å². The molecule has 1 saturated carbocycles. The van der Waals surface area contributed by atoms with Crippen LogP contribution in [0.1, 0.15) is 77.8 Å². The Kier molecular flexibility index (Phi) is 4.64. The molecular formula is C28H38O4. The number of hydrogen-bond acceptors (Lipinski definition) is 4. The highest BCUT2D eigenvalue weighted by molar-refractivity contribution is 5.48. The first-order valence-corrected chi connectivity index (χ1v) is 12.1. The normalized spacial score (nSPS) is 39.2. The summed E-state index contributed by atoms with van der Waals surface area (Å²) < 4.78 is 25.7. The Morgan fingerprint density at radius 3 is 2.44 bits per heavy atom. The number of fused-ring (bicyclic) bond motifs is 3. The molecule has 0 N–H and O–H groups in total. The van der Waals surface area contributed by atoms with Crippen LogP contribution in [0.5, 0.6) is 11.5 Å². The molecule has 0 bridgehead atoms. The fraction of sp³-hybridized carbons (Fsp3) is 0.643. The van der Waals surface area contributed by atoms with Crippen molar-refractivity contribution in [1.29, 1.82) is 0 Å². The van der Waals surface area contributed by atoms with Crippen LogP contribution < -0.4 is 9.47 Å². The minimum atomic E-state index is -0.710. The molecule has 174 valence electrons. The Bertz CT molecular complexity index is 1010. The van der Waals surface area contributed by atoms with Gasteiger partial charge in [-0.05, 0) is 88.8 Å². The molecule has 3 aliphatic heterocycles. The van der Waals surface area contributed by atoms with Crippen LogP contribution in [0.4, 0.5) is 0 Å². The topological polar surface area (TPSA) is 36.9 Å². The van der Waals surface area contributed by atoms with Gasteiger partial charge in [-0.15, -0.1) is 0 Å². The van der Waals surface area contributed by atoms with E-state index in [9.17, 15) is 0 Å². The number of benzene rings is 1. The van der Waals surface area contributed by atoms with Gasteiger partial charge in [-0.2, -0.15) is 0 Å². The van der Waals surface area contributed by atoms with Crippen molar-refractivity contribution in [2.75, 3.05) is 7.11 Å². The maximum Gasteiger partial charge on any atom is 0.236 e. The van der Waals surface area contributed by atoms with Crippen molar-refractivity contribution in [2.45, 2.75) is 97.1 Å². The van der Waals surface area contributed by atoms with Crippen molar-refractivity contribution in [3.05, 3.63) is 47.2 Å². The van der Waals surface area contributed by atoms with Crippen LogP contribution in [0.3, 0.4) is 0 Å². The monoisotopic (exact) mass is 438 g/mol. The highest BCUT2D eigenvalue weighted by atomic mass is 16.7. The molecule has 0 amide bonds. The molecule has 4 heteroatoms. The molecule has 5 rings (SSSR count). The van der Waals surface area contributed by atoms with E-state index in [-0.39, 0.29) is 22.0 Å². The summed E-state index contributed by atoms with van der Waals surface area (Å²) >= 11 is 0. The molecule has 1 aliphatic carbocycles. The van der Waals surface area contributed by atoms with Crippen molar-refractivity contribution >= 4 is 0 Å². The quantitative estimate of drug-likeness (QED) is 0.495. The summed E-state index contributed by atoms with van der Waals surface area (Å²) in [6.07, 6.45) is 12.9. The maximum atomic E-state index is 6.83. The van der Waals surface area contributed by atoms with Gasteiger partial charge in [0, 0.05) is 17.3 Å². The summed E-state index contributed by atoms with van der Waals surface area (Å²) in [6, 6.07) is 4.16. The van der Waals surface area contributed by atoms with Gasteiger partial charge < -0.3 is 18.9 Å². The fourth-order valence-corrected chi connectivity index (χ4v) is 6.52. The molecule has 0 aromatic heterocycles.